The van der Waals surface area contributed by atoms with E-state index in [0.29, 0.717) is 12.5 Å². The number of hydrogen-bond donors (Lipinski definition) is 2. The molecule has 0 fully saturated rings. The predicted molar refractivity (Wildman–Crippen MR) is 45.7 cm³/mol. The van der Waals surface area contributed by atoms with Crippen LogP contribution in [-0.2, 0) is 0 Å². The molecular formula is C7H17N3O. The van der Waals surface area contributed by atoms with Gasteiger partial charge in [-0.1, -0.05) is 19.0 Å². The van der Waals surface area contributed by atoms with Gasteiger partial charge in [0.25, 0.3) is 0 Å². The lowest BCUT2D eigenvalue weighted by atomic mass is 10.2. The number of oxime groups is 1. The van der Waals surface area contributed by atoms with Crippen molar-refractivity contribution in [1.29, 1.82) is 0 Å². The molecule has 0 saturated carbocycles. The molecule has 0 heterocycles. The fourth-order valence-corrected chi connectivity index (χ4v) is 0.996. The Morgan fingerprint density at radius 1 is 1.64 bits per heavy atom. The summed E-state index contributed by atoms with van der Waals surface area (Å²) in [7, 11) is 1.94. The standard InChI is InChI=1S/C7H17N3O/c1-6(2)4-10(3)5-7(8)9-11/h6,11H,4-5H2,1-3H3,(H2,8,9). The van der Waals surface area contributed by atoms with Gasteiger partial charge >= 0.3 is 0 Å². The maximum atomic E-state index is 8.25. The first-order valence-corrected chi connectivity index (χ1v) is 3.71. The second-order valence-electron chi connectivity index (χ2n) is 3.18. The van der Waals surface area contributed by atoms with E-state index < -0.39 is 0 Å². The van der Waals surface area contributed by atoms with E-state index in [4.69, 9.17) is 10.9 Å². The predicted octanol–water partition coefficient (Wildman–Crippen LogP) is 0.321. The Bertz CT molecular complexity index is 134. The van der Waals surface area contributed by atoms with Crippen LogP contribution in [0.1, 0.15) is 13.8 Å². The monoisotopic (exact) mass is 159 g/mol. The van der Waals surface area contributed by atoms with Crippen molar-refractivity contribution in [1.82, 2.24) is 4.90 Å². The second-order valence-corrected chi connectivity index (χ2v) is 3.18. The fourth-order valence-electron chi connectivity index (χ4n) is 0.996. The first kappa shape index (κ1) is 10.2. The molecule has 0 aromatic carbocycles. The zero-order valence-corrected chi connectivity index (χ0v) is 7.41. The van der Waals surface area contributed by atoms with Crippen molar-refractivity contribution in [2.75, 3.05) is 20.1 Å². The van der Waals surface area contributed by atoms with E-state index in [1.807, 2.05) is 11.9 Å². The van der Waals surface area contributed by atoms with Gasteiger partial charge in [-0.2, -0.15) is 0 Å². The summed E-state index contributed by atoms with van der Waals surface area (Å²) >= 11 is 0. The smallest absolute Gasteiger partial charge is 0.153 e. The van der Waals surface area contributed by atoms with Gasteiger partial charge in [-0.15, -0.1) is 0 Å². The van der Waals surface area contributed by atoms with Crippen molar-refractivity contribution in [3.8, 4) is 0 Å². The molecule has 0 aromatic heterocycles. The molecule has 66 valence electrons. The molecule has 0 saturated heterocycles. The van der Waals surface area contributed by atoms with Crippen molar-refractivity contribution in [2.45, 2.75) is 13.8 Å². The van der Waals surface area contributed by atoms with E-state index in [-0.39, 0.29) is 5.84 Å². The summed E-state index contributed by atoms with van der Waals surface area (Å²) in [5.41, 5.74) is 5.31. The number of nitrogens with zero attached hydrogens (tertiary/aromatic N) is 2. The van der Waals surface area contributed by atoms with Crippen LogP contribution in [0.25, 0.3) is 0 Å². The van der Waals surface area contributed by atoms with E-state index in [2.05, 4.69) is 19.0 Å². The molecule has 0 aliphatic carbocycles. The second kappa shape index (κ2) is 4.96. The summed E-state index contributed by atoms with van der Waals surface area (Å²) in [4.78, 5) is 2.01. The quantitative estimate of drug-likeness (QED) is 0.269. The molecule has 0 spiro atoms. The molecule has 0 radical (unpaired) electrons. The lowest BCUT2D eigenvalue weighted by Crippen LogP contribution is -2.33. The Hall–Kier alpha value is -0.770. The lowest BCUT2D eigenvalue weighted by molar-refractivity contribution is 0.301. The van der Waals surface area contributed by atoms with E-state index in [0.717, 1.165) is 6.54 Å². The van der Waals surface area contributed by atoms with Crippen LogP contribution in [0.5, 0.6) is 0 Å². The molecule has 3 N–H and O–H groups in total. The summed E-state index contributed by atoms with van der Waals surface area (Å²) in [5, 5.41) is 11.1. The van der Waals surface area contributed by atoms with Gasteiger partial charge < -0.3 is 10.9 Å². The van der Waals surface area contributed by atoms with E-state index in [9.17, 15) is 0 Å². The van der Waals surface area contributed by atoms with E-state index in [1.165, 1.54) is 0 Å². The van der Waals surface area contributed by atoms with Gasteiger partial charge in [0, 0.05) is 6.54 Å². The maximum absolute atomic E-state index is 8.25. The van der Waals surface area contributed by atoms with Crippen molar-refractivity contribution < 1.29 is 5.21 Å². The molecule has 4 heteroatoms. The van der Waals surface area contributed by atoms with Gasteiger partial charge in [0.05, 0.1) is 6.54 Å². The van der Waals surface area contributed by atoms with Gasteiger partial charge in [-0.25, -0.2) is 0 Å². The first-order valence-electron chi connectivity index (χ1n) is 3.71. The van der Waals surface area contributed by atoms with Crippen LogP contribution in [0.2, 0.25) is 0 Å². The van der Waals surface area contributed by atoms with Crippen LogP contribution in [-0.4, -0.2) is 36.1 Å². The van der Waals surface area contributed by atoms with Crippen molar-refractivity contribution in [2.24, 2.45) is 16.8 Å². The fraction of sp³-hybridized carbons (Fsp3) is 0.857. The van der Waals surface area contributed by atoms with Gasteiger partial charge in [-0.05, 0) is 13.0 Å². The summed E-state index contributed by atoms with van der Waals surface area (Å²) in [5.74, 6) is 0.861. The molecule has 0 amide bonds. The number of hydrogen-bond acceptors (Lipinski definition) is 3. The van der Waals surface area contributed by atoms with E-state index >= 15 is 0 Å². The molecule has 0 unspecified atom stereocenters. The third-order valence-electron chi connectivity index (χ3n) is 1.24. The summed E-state index contributed by atoms with van der Waals surface area (Å²) in [6.45, 7) is 5.73. The molecular weight excluding hydrogens is 142 g/mol. The maximum Gasteiger partial charge on any atom is 0.153 e. The molecule has 0 aliphatic heterocycles. The highest BCUT2D eigenvalue weighted by Gasteiger charge is 2.02. The van der Waals surface area contributed by atoms with Crippen molar-refractivity contribution >= 4 is 5.84 Å². The Kier molecular flexibility index (Phi) is 4.61. The number of rotatable bonds is 4. The van der Waals surface area contributed by atoms with Crippen LogP contribution in [0.3, 0.4) is 0 Å². The zero-order chi connectivity index (χ0) is 8.85. The molecule has 0 rings (SSSR count). The van der Waals surface area contributed by atoms with Crippen LogP contribution >= 0.6 is 0 Å². The average molecular weight is 159 g/mol. The molecule has 0 bridgehead atoms. The molecule has 0 atom stereocenters. The summed E-state index contributed by atoms with van der Waals surface area (Å²) < 4.78 is 0. The van der Waals surface area contributed by atoms with Gasteiger partial charge in [0.2, 0.25) is 0 Å². The van der Waals surface area contributed by atoms with Crippen molar-refractivity contribution in [3.05, 3.63) is 0 Å². The number of likely N-dealkylation sites (N-methyl/N-ethyl adjacent to an activating group) is 1. The lowest BCUT2D eigenvalue weighted by Gasteiger charge is -2.17. The summed E-state index contributed by atoms with van der Waals surface area (Å²) in [6.07, 6.45) is 0. The Morgan fingerprint density at radius 2 is 2.18 bits per heavy atom. The van der Waals surface area contributed by atoms with Gasteiger partial charge in [-0.3, -0.25) is 4.90 Å². The molecule has 0 aliphatic rings. The largest absolute Gasteiger partial charge is 0.409 e. The Morgan fingerprint density at radius 3 is 2.55 bits per heavy atom. The number of nitrogens with two attached hydrogens (primary N) is 1. The highest BCUT2D eigenvalue weighted by atomic mass is 16.4. The van der Waals surface area contributed by atoms with Gasteiger partial charge in [0.15, 0.2) is 5.84 Å². The van der Waals surface area contributed by atoms with E-state index in [1.54, 1.807) is 0 Å². The Balaban J connectivity index is 3.60. The third-order valence-corrected chi connectivity index (χ3v) is 1.24. The number of amidine groups is 1. The topological polar surface area (TPSA) is 61.8 Å². The van der Waals surface area contributed by atoms with Crippen molar-refractivity contribution in [3.63, 3.8) is 0 Å². The highest BCUT2D eigenvalue weighted by Crippen LogP contribution is 1.94. The minimum atomic E-state index is 0.258. The minimum absolute atomic E-state index is 0.258. The summed E-state index contributed by atoms with van der Waals surface area (Å²) in [6, 6.07) is 0. The first-order chi connectivity index (χ1) is 5.06. The van der Waals surface area contributed by atoms with Crippen LogP contribution in [0, 0.1) is 5.92 Å². The highest BCUT2D eigenvalue weighted by molar-refractivity contribution is 5.81. The average Bonchev–Trinajstić information content (AvgIpc) is 1.85. The van der Waals surface area contributed by atoms with Crippen LogP contribution in [0.4, 0.5) is 0 Å². The third kappa shape index (κ3) is 5.66. The van der Waals surface area contributed by atoms with Gasteiger partial charge in [0.1, 0.15) is 0 Å². The molecule has 4 nitrogen and oxygen atoms in total. The Labute approximate surface area is 67.7 Å². The van der Waals surface area contributed by atoms with Crippen LogP contribution < -0.4 is 5.73 Å². The minimum Gasteiger partial charge on any atom is -0.409 e. The SMILES string of the molecule is CC(C)CN(C)C/C(N)=N/O. The molecule has 0 aromatic rings. The molecule has 11 heavy (non-hydrogen) atoms. The normalized spacial score (nSPS) is 13.0. The van der Waals surface area contributed by atoms with Crippen LogP contribution in [0.15, 0.2) is 5.16 Å². The zero-order valence-electron chi connectivity index (χ0n) is 7.41.